The molecule has 2 heterocycles. The van der Waals surface area contributed by atoms with Crippen molar-refractivity contribution >= 4 is 17.5 Å². The third-order valence-electron chi connectivity index (χ3n) is 5.33. The number of fused-ring (bicyclic) bond motifs is 1. The first-order chi connectivity index (χ1) is 14.0. The van der Waals surface area contributed by atoms with E-state index in [4.69, 9.17) is 4.74 Å². The van der Waals surface area contributed by atoms with Crippen molar-refractivity contribution < 1.29 is 14.3 Å². The second kappa shape index (κ2) is 8.25. The molecular formula is C23H27N3O3. The smallest absolute Gasteiger partial charge is 0.256 e. The first kappa shape index (κ1) is 19.5. The Balaban J connectivity index is 1.59. The summed E-state index contributed by atoms with van der Waals surface area (Å²) in [4.78, 5) is 27.3. The fourth-order valence-electron chi connectivity index (χ4n) is 3.98. The van der Waals surface area contributed by atoms with Crippen LogP contribution < -0.4 is 10.6 Å². The van der Waals surface area contributed by atoms with Gasteiger partial charge in [-0.1, -0.05) is 24.3 Å². The van der Waals surface area contributed by atoms with Crippen LogP contribution in [0.15, 0.2) is 48.5 Å². The van der Waals surface area contributed by atoms with E-state index in [9.17, 15) is 9.59 Å². The van der Waals surface area contributed by atoms with E-state index in [0.717, 1.165) is 36.3 Å². The molecule has 1 fully saturated rings. The molecule has 0 aliphatic carbocycles. The average molecular weight is 393 g/mol. The van der Waals surface area contributed by atoms with Gasteiger partial charge in [0.15, 0.2) is 0 Å². The van der Waals surface area contributed by atoms with Gasteiger partial charge >= 0.3 is 0 Å². The van der Waals surface area contributed by atoms with Gasteiger partial charge in [0.2, 0.25) is 0 Å². The van der Waals surface area contributed by atoms with Gasteiger partial charge in [-0.2, -0.15) is 0 Å². The predicted molar refractivity (Wildman–Crippen MR) is 112 cm³/mol. The molecule has 0 saturated carbocycles. The summed E-state index contributed by atoms with van der Waals surface area (Å²) < 4.78 is 5.77. The lowest BCUT2D eigenvalue weighted by Crippen LogP contribution is -2.38. The normalized spacial score (nSPS) is 20.8. The SMILES string of the molecule is CC(C)NC(=O)c1cccc(NC2c3ccccc3C(=O)N2CC2CCCO2)c1. The molecule has 2 N–H and O–H groups in total. The van der Waals surface area contributed by atoms with Crippen molar-refractivity contribution in [1.29, 1.82) is 0 Å². The monoisotopic (exact) mass is 393 g/mol. The third-order valence-corrected chi connectivity index (χ3v) is 5.33. The van der Waals surface area contributed by atoms with Crippen LogP contribution in [0.25, 0.3) is 0 Å². The summed E-state index contributed by atoms with van der Waals surface area (Å²) in [6.07, 6.45) is 1.79. The van der Waals surface area contributed by atoms with Crippen LogP contribution >= 0.6 is 0 Å². The minimum atomic E-state index is -0.286. The lowest BCUT2D eigenvalue weighted by Gasteiger charge is -2.29. The molecule has 2 aliphatic heterocycles. The predicted octanol–water partition coefficient (Wildman–Crippen LogP) is 3.57. The highest BCUT2D eigenvalue weighted by Crippen LogP contribution is 2.35. The molecule has 152 valence electrons. The molecule has 2 aliphatic rings. The summed E-state index contributed by atoms with van der Waals surface area (Å²) in [5, 5.41) is 6.38. The number of ether oxygens (including phenoxy) is 1. The van der Waals surface area contributed by atoms with Gasteiger partial charge < -0.3 is 20.3 Å². The van der Waals surface area contributed by atoms with Crippen LogP contribution in [0.3, 0.4) is 0 Å². The summed E-state index contributed by atoms with van der Waals surface area (Å²) in [7, 11) is 0. The molecule has 0 spiro atoms. The molecule has 6 nitrogen and oxygen atoms in total. The zero-order valence-corrected chi connectivity index (χ0v) is 16.9. The van der Waals surface area contributed by atoms with Gasteiger partial charge in [0.25, 0.3) is 11.8 Å². The summed E-state index contributed by atoms with van der Waals surface area (Å²) in [5.74, 6) is -0.0925. The van der Waals surface area contributed by atoms with E-state index >= 15 is 0 Å². The number of anilines is 1. The number of nitrogens with zero attached hydrogens (tertiary/aromatic N) is 1. The van der Waals surface area contributed by atoms with E-state index < -0.39 is 0 Å². The van der Waals surface area contributed by atoms with Gasteiger partial charge in [0, 0.05) is 41.6 Å². The van der Waals surface area contributed by atoms with Crippen molar-refractivity contribution in [3.8, 4) is 0 Å². The number of rotatable bonds is 6. The molecule has 2 atom stereocenters. The Morgan fingerprint density at radius 3 is 2.79 bits per heavy atom. The Bertz CT molecular complexity index is 906. The van der Waals surface area contributed by atoms with Gasteiger partial charge in [-0.25, -0.2) is 0 Å². The molecule has 2 aromatic rings. The maximum atomic E-state index is 13.0. The fourth-order valence-corrected chi connectivity index (χ4v) is 3.98. The lowest BCUT2D eigenvalue weighted by atomic mass is 10.1. The maximum Gasteiger partial charge on any atom is 0.256 e. The van der Waals surface area contributed by atoms with Gasteiger partial charge in [-0.3, -0.25) is 9.59 Å². The van der Waals surface area contributed by atoms with Gasteiger partial charge in [-0.15, -0.1) is 0 Å². The number of hydrogen-bond acceptors (Lipinski definition) is 4. The highest BCUT2D eigenvalue weighted by Gasteiger charge is 2.38. The first-order valence-electron chi connectivity index (χ1n) is 10.2. The average Bonchev–Trinajstić information content (AvgIpc) is 3.31. The number of nitrogens with one attached hydrogen (secondary N) is 2. The largest absolute Gasteiger partial charge is 0.376 e. The summed E-state index contributed by atoms with van der Waals surface area (Å²) in [6.45, 7) is 5.18. The molecule has 0 bridgehead atoms. The highest BCUT2D eigenvalue weighted by atomic mass is 16.5. The molecule has 0 radical (unpaired) electrons. The van der Waals surface area contributed by atoms with Crippen LogP contribution in [-0.2, 0) is 4.74 Å². The van der Waals surface area contributed by atoms with Crippen LogP contribution in [0.5, 0.6) is 0 Å². The van der Waals surface area contributed by atoms with Crippen molar-refractivity contribution in [2.45, 2.75) is 45.0 Å². The molecule has 4 rings (SSSR count). The Morgan fingerprint density at radius 1 is 1.21 bits per heavy atom. The third kappa shape index (κ3) is 4.12. The molecule has 0 aromatic heterocycles. The minimum Gasteiger partial charge on any atom is -0.376 e. The summed E-state index contributed by atoms with van der Waals surface area (Å²) in [5.41, 5.74) is 3.06. The van der Waals surface area contributed by atoms with Crippen molar-refractivity contribution in [1.82, 2.24) is 10.2 Å². The quantitative estimate of drug-likeness (QED) is 0.787. The lowest BCUT2D eigenvalue weighted by molar-refractivity contribution is 0.0488. The number of carbonyl (C=O) groups excluding carboxylic acids is 2. The van der Waals surface area contributed by atoms with E-state index in [-0.39, 0.29) is 30.1 Å². The number of benzene rings is 2. The van der Waals surface area contributed by atoms with Crippen LogP contribution in [0, 0.1) is 0 Å². The van der Waals surface area contributed by atoms with Crippen LogP contribution in [-0.4, -0.2) is 42.0 Å². The Labute approximate surface area is 171 Å². The number of hydrogen-bond donors (Lipinski definition) is 2. The minimum absolute atomic E-state index is 0.0160. The second-order valence-electron chi connectivity index (χ2n) is 7.94. The fraction of sp³-hybridized carbons (Fsp3) is 0.391. The molecule has 2 amide bonds. The van der Waals surface area contributed by atoms with Crippen LogP contribution in [0.2, 0.25) is 0 Å². The van der Waals surface area contributed by atoms with Crippen molar-refractivity contribution in [3.63, 3.8) is 0 Å². The van der Waals surface area contributed by atoms with Crippen molar-refractivity contribution in [3.05, 3.63) is 65.2 Å². The van der Waals surface area contributed by atoms with Gasteiger partial charge in [0.1, 0.15) is 6.17 Å². The van der Waals surface area contributed by atoms with Crippen LogP contribution in [0.1, 0.15) is 59.1 Å². The van der Waals surface area contributed by atoms with E-state index in [1.54, 1.807) is 6.07 Å². The van der Waals surface area contributed by atoms with E-state index in [0.29, 0.717) is 12.1 Å². The number of amides is 2. The standard InChI is InChI=1S/C23H27N3O3/c1-15(2)24-22(27)16-7-5-8-17(13-16)25-21-19-10-3-4-11-20(19)23(28)26(21)14-18-9-6-12-29-18/h3-5,7-8,10-11,13,15,18,21,25H,6,9,12,14H2,1-2H3,(H,24,27). The molecule has 6 heteroatoms. The zero-order valence-electron chi connectivity index (χ0n) is 16.9. The second-order valence-corrected chi connectivity index (χ2v) is 7.94. The van der Waals surface area contributed by atoms with Gasteiger partial charge in [0.05, 0.1) is 6.10 Å². The highest BCUT2D eigenvalue weighted by molar-refractivity contribution is 5.99. The zero-order chi connectivity index (χ0) is 20.4. The summed E-state index contributed by atoms with van der Waals surface area (Å²) >= 11 is 0. The maximum absolute atomic E-state index is 13.0. The van der Waals surface area contributed by atoms with E-state index in [1.807, 2.05) is 61.2 Å². The first-order valence-corrected chi connectivity index (χ1v) is 10.2. The Hall–Kier alpha value is -2.86. The molecular weight excluding hydrogens is 366 g/mol. The Morgan fingerprint density at radius 2 is 2.03 bits per heavy atom. The topological polar surface area (TPSA) is 70.7 Å². The Kier molecular flexibility index (Phi) is 5.53. The van der Waals surface area contributed by atoms with E-state index in [2.05, 4.69) is 10.6 Å². The summed E-state index contributed by atoms with van der Waals surface area (Å²) in [6, 6.07) is 15.1. The van der Waals surface area contributed by atoms with Crippen LogP contribution in [0.4, 0.5) is 5.69 Å². The molecule has 29 heavy (non-hydrogen) atoms. The molecule has 1 saturated heterocycles. The van der Waals surface area contributed by atoms with Crippen molar-refractivity contribution in [2.24, 2.45) is 0 Å². The van der Waals surface area contributed by atoms with Gasteiger partial charge in [-0.05, 0) is 51.0 Å². The molecule has 2 unspecified atom stereocenters. The molecule has 2 aromatic carbocycles. The number of carbonyl (C=O) groups is 2. The van der Waals surface area contributed by atoms with Crippen molar-refractivity contribution in [2.75, 3.05) is 18.5 Å². The van der Waals surface area contributed by atoms with E-state index in [1.165, 1.54) is 0 Å².